The van der Waals surface area contributed by atoms with Crippen molar-refractivity contribution in [3.8, 4) is 0 Å². The highest BCUT2D eigenvalue weighted by Crippen LogP contribution is 2.26. The fourth-order valence-electron chi connectivity index (χ4n) is 1.95. The molecule has 0 N–H and O–H groups in total. The maximum absolute atomic E-state index is 12.5. The lowest BCUT2D eigenvalue weighted by Gasteiger charge is -2.08. The molecule has 17 heavy (non-hydrogen) atoms. The Bertz CT molecular complexity index is 615. The molecule has 0 aliphatic carbocycles. The quantitative estimate of drug-likeness (QED) is 0.844. The summed E-state index contributed by atoms with van der Waals surface area (Å²) in [5.74, 6) is 0.668. The van der Waals surface area contributed by atoms with E-state index in [-0.39, 0.29) is 12.1 Å². The molecule has 5 heteroatoms. The van der Waals surface area contributed by atoms with Gasteiger partial charge in [0.25, 0.3) is 5.56 Å². The minimum Gasteiger partial charge on any atom is -0.293 e. The molecule has 2 aromatic rings. The van der Waals surface area contributed by atoms with Crippen molar-refractivity contribution in [2.45, 2.75) is 33.7 Å². The average molecular weight is 254 g/mol. The zero-order chi connectivity index (χ0) is 12.6. The molecule has 0 amide bonds. The summed E-state index contributed by atoms with van der Waals surface area (Å²) in [7, 11) is 0. The van der Waals surface area contributed by atoms with Crippen molar-refractivity contribution < 1.29 is 4.39 Å². The van der Waals surface area contributed by atoms with Crippen LogP contribution in [0.25, 0.3) is 10.2 Å². The Kier molecular flexibility index (Phi) is 3.28. The molecule has 0 unspecified atom stereocenters. The van der Waals surface area contributed by atoms with Crippen molar-refractivity contribution in [2.75, 3.05) is 6.67 Å². The third-order valence-electron chi connectivity index (χ3n) is 2.99. The van der Waals surface area contributed by atoms with E-state index < -0.39 is 6.67 Å². The second-order valence-corrected chi connectivity index (χ2v) is 5.19. The van der Waals surface area contributed by atoms with Crippen LogP contribution in [0.3, 0.4) is 0 Å². The SMILES string of the molecule is CCc1nc2sc(C)c(C)c2c(=O)n1CCF. The minimum atomic E-state index is -0.539. The van der Waals surface area contributed by atoms with Gasteiger partial charge in [0, 0.05) is 11.3 Å². The second kappa shape index (κ2) is 4.56. The van der Waals surface area contributed by atoms with Crippen LogP contribution < -0.4 is 5.56 Å². The highest BCUT2D eigenvalue weighted by molar-refractivity contribution is 7.18. The predicted octanol–water partition coefficient (Wildman–Crippen LogP) is 2.61. The van der Waals surface area contributed by atoms with Crippen LogP contribution in [-0.2, 0) is 13.0 Å². The largest absolute Gasteiger partial charge is 0.293 e. The molecule has 0 aromatic carbocycles. The van der Waals surface area contributed by atoms with E-state index in [1.165, 1.54) is 15.9 Å². The monoisotopic (exact) mass is 254 g/mol. The van der Waals surface area contributed by atoms with Crippen molar-refractivity contribution >= 4 is 21.6 Å². The molecule has 0 spiro atoms. The van der Waals surface area contributed by atoms with Gasteiger partial charge >= 0.3 is 0 Å². The van der Waals surface area contributed by atoms with Gasteiger partial charge in [0.2, 0.25) is 0 Å². The molecule has 0 radical (unpaired) electrons. The van der Waals surface area contributed by atoms with Gasteiger partial charge in [-0.15, -0.1) is 11.3 Å². The minimum absolute atomic E-state index is 0.0965. The zero-order valence-electron chi connectivity index (χ0n) is 10.2. The summed E-state index contributed by atoms with van der Waals surface area (Å²) in [6.07, 6.45) is 0.640. The molecule has 0 fully saturated rings. The van der Waals surface area contributed by atoms with E-state index >= 15 is 0 Å². The highest BCUT2D eigenvalue weighted by Gasteiger charge is 2.15. The zero-order valence-corrected chi connectivity index (χ0v) is 11.0. The molecule has 0 saturated heterocycles. The summed E-state index contributed by atoms with van der Waals surface area (Å²) >= 11 is 1.53. The summed E-state index contributed by atoms with van der Waals surface area (Å²) in [5.41, 5.74) is 0.865. The summed E-state index contributed by atoms with van der Waals surface area (Å²) < 4.78 is 14.0. The normalized spacial score (nSPS) is 11.3. The number of alkyl halides is 1. The van der Waals surface area contributed by atoms with Crippen LogP contribution >= 0.6 is 11.3 Å². The van der Waals surface area contributed by atoms with E-state index in [1.807, 2.05) is 20.8 Å². The fraction of sp³-hybridized carbons (Fsp3) is 0.500. The Morgan fingerprint density at radius 2 is 2.12 bits per heavy atom. The molecule has 0 bridgehead atoms. The lowest BCUT2D eigenvalue weighted by Crippen LogP contribution is -2.25. The molecular weight excluding hydrogens is 239 g/mol. The molecular formula is C12H15FN2OS. The summed E-state index contributed by atoms with van der Waals surface area (Å²) in [6, 6.07) is 0. The molecule has 0 atom stereocenters. The molecule has 0 aliphatic rings. The first kappa shape index (κ1) is 12.2. The number of halogens is 1. The first-order chi connectivity index (χ1) is 8.10. The Morgan fingerprint density at radius 3 is 2.71 bits per heavy atom. The van der Waals surface area contributed by atoms with Gasteiger partial charge in [0.15, 0.2) is 0 Å². The summed E-state index contributed by atoms with van der Waals surface area (Å²) in [6.45, 7) is 5.38. The molecule has 2 aromatic heterocycles. The third kappa shape index (κ3) is 1.88. The van der Waals surface area contributed by atoms with Crippen LogP contribution in [0.5, 0.6) is 0 Å². The number of thiophene rings is 1. The Balaban J connectivity index is 2.84. The molecule has 2 heterocycles. The molecule has 0 saturated carbocycles. The maximum Gasteiger partial charge on any atom is 0.262 e. The van der Waals surface area contributed by atoms with Crippen LogP contribution in [-0.4, -0.2) is 16.2 Å². The van der Waals surface area contributed by atoms with E-state index in [0.29, 0.717) is 17.6 Å². The van der Waals surface area contributed by atoms with Gasteiger partial charge in [0.1, 0.15) is 17.3 Å². The van der Waals surface area contributed by atoms with Gasteiger partial charge in [-0.1, -0.05) is 6.92 Å². The van der Waals surface area contributed by atoms with Crippen molar-refractivity contribution in [1.29, 1.82) is 0 Å². The van der Waals surface area contributed by atoms with Gasteiger partial charge in [-0.3, -0.25) is 9.36 Å². The molecule has 2 rings (SSSR count). The van der Waals surface area contributed by atoms with Gasteiger partial charge in [-0.2, -0.15) is 0 Å². The topological polar surface area (TPSA) is 34.9 Å². The highest BCUT2D eigenvalue weighted by atomic mass is 32.1. The van der Waals surface area contributed by atoms with Gasteiger partial charge in [0.05, 0.1) is 11.9 Å². The maximum atomic E-state index is 12.5. The fourth-order valence-corrected chi connectivity index (χ4v) is 2.99. The van der Waals surface area contributed by atoms with E-state index in [2.05, 4.69) is 4.98 Å². The number of nitrogens with zero attached hydrogens (tertiary/aromatic N) is 2. The summed E-state index contributed by atoms with van der Waals surface area (Å²) in [5, 5.41) is 0.651. The number of rotatable bonds is 3. The first-order valence-corrected chi connectivity index (χ1v) is 6.47. The Hall–Kier alpha value is -1.23. The number of fused-ring (bicyclic) bond motifs is 1. The summed E-state index contributed by atoms with van der Waals surface area (Å²) in [4.78, 5) is 18.6. The van der Waals surface area contributed by atoms with Gasteiger partial charge in [-0.05, 0) is 19.4 Å². The Morgan fingerprint density at radius 1 is 1.41 bits per heavy atom. The smallest absolute Gasteiger partial charge is 0.262 e. The Labute approximate surface area is 103 Å². The van der Waals surface area contributed by atoms with E-state index in [9.17, 15) is 9.18 Å². The van der Waals surface area contributed by atoms with Crippen LogP contribution in [0, 0.1) is 13.8 Å². The number of hydrogen-bond donors (Lipinski definition) is 0. The van der Waals surface area contributed by atoms with Crippen molar-refractivity contribution in [2.24, 2.45) is 0 Å². The van der Waals surface area contributed by atoms with E-state index in [4.69, 9.17) is 0 Å². The lowest BCUT2D eigenvalue weighted by atomic mass is 10.2. The van der Waals surface area contributed by atoms with Crippen molar-refractivity contribution in [3.63, 3.8) is 0 Å². The van der Waals surface area contributed by atoms with E-state index in [1.54, 1.807) is 0 Å². The lowest BCUT2D eigenvalue weighted by molar-refractivity contribution is 0.432. The number of hydrogen-bond acceptors (Lipinski definition) is 3. The van der Waals surface area contributed by atoms with Crippen LogP contribution in [0.1, 0.15) is 23.2 Å². The van der Waals surface area contributed by atoms with Crippen molar-refractivity contribution in [3.05, 3.63) is 26.6 Å². The standard InChI is InChI=1S/C12H15FN2OS/c1-4-9-14-11-10(7(2)8(3)17-11)12(16)15(9)6-5-13/h4-6H2,1-3H3. The number of aryl methyl sites for hydroxylation is 3. The van der Waals surface area contributed by atoms with Crippen LogP contribution in [0.4, 0.5) is 4.39 Å². The predicted molar refractivity (Wildman–Crippen MR) is 68.7 cm³/mol. The first-order valence-electron chi connectivity index (χ1n) is 5.65. The second-order valence-electron chi connectivity index (χ2n) is 3.99. The molecule has 3 nitrogen and oxygen atoms in total. The van der Waals surface area contributed by atoms with E-state index in [0.717, 1.165) is 15.3 Å². The number of aromatic nitrogens is 2. The van der Waals surface area contributed by atoms with Crippen LogP contribution in [0.2, 0.25) is 0 Å². The molecule has 92 valence electrons. The molecule has 0 aliphatic heterocycles. The van der Waals surface area contributed by atoms with Gasteiger partial charge < -0.3 is 0 Å². The average Bonchev–Trinajstić information content (AvgIpc) is 2.59. The van der Waals surface area contributed by atoms with Crippen molar-refractivity contribution in [1.82, 2.24) is 9.55 Å². The van der Waals surface area contributed by atoms with Crippen LogP contribution in [0.15, 0.2) is 4.79 Å². The third-order valence-corrected chi connectivity index (χ3v) is 4.09. The van der Waals surface area contributed by atoms with Gasteiger partial charge in [-0.25, -0.2) is 9.37 Å².